The maximum Gasteiger partial charge on any atom is 0.296 e. The number of anilines is 1. The van der Waals surface area contributed by atoms with Crippen LogP contribution in [0.3, 0.4) is 0 Å². The fourth-order valence-corrected chi connectivity index (χ4v) is 4.92. The molecule has 0 aliphatic rings. The molecule has 0 bridgehead atoms. The van der Waals surface area contributed by atoms with Gasteiger partial charge in [-0.1, -0.05) is 12.1 Å². The quantitative estimate of drug-likeness (QED) is 0.419. The van der Waals surface area contributed by atoms with E-state index in [0.717, 1.165) is 18.2 Å². The van der Waals surface area contributed by atoms with Crippen LogP contribution in [0.2, 0.25) is 0 Å². The van der Waals surface area contributed by atoms with E-state index < -0.39 is 55.8 Å². The van der Waals surface area contributed by atoms with Crippen LogP contribution in [0.15, 0.2) is 39.0 Å². The van der Waals surface area contributed by atoms with Crippen LogP contribution in [0.5, 0.6) is 0 Å². The van der Waals surface area contributed by atoms with Gasteiger partial charge >= 0.3 is 0 Å². The second-order valence-corrected chi connectivity index (χ2v) is 8.54. The molecule has 5 N–H and O–H groups in total. The van der Waals surface area contributed by atoms with Crippen LogP contribution in [0.25, 0.3) is 10.8 Å². The molecule has 0 unspecified atom stereocenters. The standard InChI is InChI=1S/C10H9NO9S3/c11-6-3-1-2-5-9(6)7(21(12,13)14)4-8(22(15,16)17)10(5)23(18,19)20/h1-4H,11H2,(H,12,13,14)(H,15,16,17)(H,18,19,20). The van der Waals surface area contributed by atoms with Crippen molar-refractivity contribution in [3.8, 4) is 0 Å². The number of benzene rings is 2. The van der Waals surface area contributed by atoms with Gasteiger partial charge in [0.15, 0.2) is 0 Å². The number of hydrogen-bond acceptors (Lipinski definition) is 7. The minimum Gasteiger partial charge on any atom is -0.398 e. The Morgan fingerprint density at radius 3 is 1.74 bits per heavy atom. The lowest BCUT2D eigenvalue weighted by Gasteiger charge is -2.13. The summed E-state index contributed by atoms with van der Waals surface area (Å²) in [7, 11) is -15.5. The van der Waals surface area contributed by atoms with E-state index in [4.69, 9.17) is 10.3 Å². The van der Waals surface area contributed by atoms with E-state index in [2.05, 4.69) is 0 Å². The number of nitrogens with two attached hydrogens (primary N) is 1. The Kier molecular flexibility index (Phi) is 3.91. The van der Waals surface area contributed by atoms with Gasteiger partial charge in [0.25, 0.3) is 30.4 Å². The number of rotatable bonds is 3. The summed E-state index contributed by atoms with van der Waals surface area (Å²) < 4.78 is 96.3. The van der Waals surface area contributed by atoms with E-state index >= 15 is 0 Å². The molecule has 0 radical (unpaired) electrons. The SMILES string of the molecule is Nc1cccc2c(S(=O)(=O)O)c(S(=O)(=O)O)cc(S(=O)(=O)O)c12. The molecule has 0 saturated heterocycles. The Bertz CT molecular complexity index is 1130. The zero-order chi connectivity index (χ0) is 17.8. The highest BCUT2D eigenvalue weighted by molar-refractivity contribution is 7.89. The molecule has 0 amide bonds. The Labute approximate surface area is 130 Å². The van der Waals surface area contributed by atoms with Gasteiger partial charge in [0.05, 0.1) is 0 Å². The Hall–Kier alpha value is -1.77. The zero-order valence-corrected chi connectivity index (χ0v) is 13.4. The van der Waals surface area contributed by atoms with E-state index in [-0.39, 0.29) is 11.8 Å². The van der Waals surface area contributed by atoms with E-state index in [9.17, 15) is 34.4 Å². The van der Waals surface area contributed by atoms with Crippen molar-refractivity contribution in [2.75, 3.05) is 5.73 Å². The van der Waals surface area contributed by atoms with Crippen LogP contribution in [0.1, 0.15) is 0 Å². The second-order valence-electron chi connectivity index (χ2n) is 4.40. The molecule has 0 aliphatic carbocycles. The highest BCUT2D eigenvalue weighted by Crippen LogP contribution is 2.37. The molecule has 0 aliphatic heterocycles. The van der Waals surface area contributed by atoms with E-state index in [1.54, 1.807) is 0 Å². The predicted octanol–water partition coefficient (Wildman–Crippen LogP) is 0.162. The smallest absolute Gasteiger partial charge is 0.296 e. The molecule has 23 heavy (non-hydrogen) atoms. The lowest BCUT2D eigenvalue weighted by molar-refractivity contribution is 0.466. The van der Waals surface area contributed by atoms with Gasteiger partial charge in [-0.3, -0.25) is 13.7 Å². The van der Waals surface area contributed by atoms with Crippen LogP contribution in [0.4, 0.5) is 5.69 Å². The zero-order valence-electron chi connectivity index (χ0n) is 10.9. The molecule has 2 rings (SSSR count). The van der Waals surface area contributed by atoms with Gasteiger partial charge in [-0.25, -0.2) is 0 Å². The van der Waals surface area contributed by atoms with Gasteiger partial charge in [-0.15, -0.1) is 0 Å². The Morgan fingerprint density at radius 2 is 1.30 bits per heavy atom. The molecule has 2 aromatic carbocycles. The lowest BCUT2D eigenvalue weighted by Crippen LogP contribution is -2.12. The largest absolute Gasteiger partial charge is 0.398 e. The second kappa shape index (κ2) is 5.12. The van der Waals surface area contributed by atoms with Crippen molar-refractivity contribution in [1.29, 1.82) is 0 Å². The number of nitrogen functional groups attached to an aromatic ring is 1. The molecule has 2 aromatic rings. The van der Waals surface area contributed by atoms with Gasteiger partial charge in [0, 0.05) is 16.5 Å². The Balaban J connectivity index is 3.35. The third-order valence-electron chi connectivity index (χ3n) is 2.89. The lowest BCUT2D eigenvalue weighted by atomic mass is 10.1. The molecule has 0 heterocycles. The van der Waals surface area contributed by atoms with E-state index in [1.807, 2.05) is 0 Å². The molecule has 0 atom stereocenters. The van der Waals surface area contributed by atoms with E-state index in [0.29, 0.717) is 0 Å². The van der Waals surface area contributed by atoms with Crippen molar-refractivity contribution in [1.82, 2.24) is 0 Å². The first-order chi connectivity index (χ1) is 10.2. The molecular weight excluding hydrogens is 374 g/mol. The molecule has 0 aromatic heterocycles. The van der Waals surface area contributed by atoms with Crippen molar-refractivity contribution < 1.29 is 38.9 Å². The summed E-state index contributed by atoms with van der Waals surface area (Å²) in [5.41, 5.74) is 5.26. The van der Waals surface area contributed by atoms with Crippen LogP contribution in [-0.2, 0) is 30.4 Å². The van der Waals surface area contributed by atoms with Crippen molar-refractivity contribution in [3.63, 3.8) is 0 Å². The average Bonchev–Trinajstić information content (AvgIpc) is 2.33. The highest BCUT2D eigenvalue weighted by Gasteiger charge is 2.31. The summed E-state index contributed by atoms with van der Waals surface area (Å²) >= 11 is 0. The highest BCUT2D eigenvalue weighted by atomic mass is 32.2. The maximum absolute atomic E-state index is 11.5. The third-order valence-corrected chi connectivity index (χ3v) is 5.73. The monoisotopic (exact) mass is 383 g/mol. The Morgan fingerprint density at radius 1 is 0.783 bits per heavy atom. The van der Waals surface area contributed by atoms with Gasteiger partial charge in [0.1, 0.15) is 14.7 Å². The van der Waals surface area contributed by atoms with Crippen molar-refractivity contribution in [3.05, 3.63) is 24.3 Å². The minimum atomic E-state index is -5.26. The number of hydrogen-bond donors (Lipinski definition) is 4. The number of fused-ring (bicyclic) bond motifs is 1. The normalized spacial score (nSPS) is 13.3. The topological polar surface area (TPSA) is 189 Å². The maximum atomic E-state index is 11.5. The van der Waals surface area contributed by atoms with Crippen molar-refractivity contribution in [2.24, 2.45) is 0 Å². The van der Waals surface area contributed by atoms with Crippen LogP contribution in [0, 0.1) is 0 Å². The van der Waals surface area contributed by atoms with Crippen LogP contribution >= 0.6 is 0 Å². The summed E-state index contributed by atoms with van der Waals surface area (Å²) in [6.45, 7) is 0. The molecule has 126 valence electrons. The molecule has 10 nitrogen and oxygen atoms in total. The first kappa shape index (κ1) is 17.6. The molecule has 0 fully saturated rings. The third kappa shape index (κ3) is 3.15. The summed E-state index contributed by atoms with van der Waals surface area (Å²) in [5.74, 6) is 0. The van der Waals surface area contributed by atoms with Crippen LogP contribution in [-0.4, -0.2) is 38.9 Å². The molecule has 0 spiro atoms. The fraction of sp³-hybridized carbons (Fsp3) is 0. The average molecular weight is 383 g/mol. The molecule has 0 saturated carbocycles. The summed E-state index contributed by atoms with van der Waals surface area (Å²) in [6.07, 6.45) is 0. The predicted molar refractivity (Wildman–Crippen MR) is 77.8 cm³/mol. The fourth-order valence-electron chi connectivity index (χ4n) is 2.09. The van der Waals surface area contributed by atoms with Gasteiger partial charge < -0.3 is 5.73 Å². The van der Waals surface area contributed by atoms with Gasteiger partial charge in [0.2, 0.25) is 0 Å². The van der Waals surface area contributed by atoms with Gasteiger partial charge in [-0.05, 0) is 12.1 Å². The molecular formula is C10H9NO9S3. The van der Waals surface area contributed by atoms with Gasteiger partial charge in [-0.2, -0.15) is 25.3 Å². The minimum absolute atomic E-state index is 0.201. The summed E-state index contributed by atoms with van der Waals surface area (Å²) in [6, 6.07) is 3.48. The van der Waals surface area contributed by atoms with Crippen LogP contribution < -0.4 is 5.73 Å². The van der Waals surface area contributed by atoms with Crippen molar-refractivity contribution >= 4 is 46.8 Å². The molecule has 13 heteroatoms. The summed E-state index contributed by atoms with van der Waals surface area (Å²) in [5, 5.41) is -1.12. The summed E-state index contributed by atoms with van der Waals surface area (Å²) in [4.78, 5) is -3.70. The van der Waals surface area contributed by atoms with E-state index in [1.165, 1.54) is 0 Å². The first-order valence-electron chi connectivity index (χ1n) is 5.52. The van der Waals surface area contributed by atoms with Crippen molar-refractivity contribution in [2.45, 2.75) is 14.7 Å². The first-order valence-corrected chi connectivity index (χ1v) is 9.84.